The maximum atomic E-state index is 12.1. The number of ether oxygens (including phenoxy) is 1. The topological polar surface area (TPSA) is 75.7 Å². The lowest BCUT2D eigenvalue weighted by Crippen LogP contribution is -2.51. The number of nitrogens with zero attached hydrogens (tertiary/aromatic N) is 1. The summed E-state index contributed by atoms with van der Waals surface area (Å²) in [5, 5.41) is 2.74. The molecule has 1 aromatic carbocycles. The first-order chi connectivity index (χ1) is 9.68. The summed E-state index contributed by atoms with van der Waals surface area (Å²) in [6, 6.07) is 5.22. The van der Waals surface area contributed by atoms with Crippen LogP contribution in [0.1, 0.15) is 19.4 Å². The minimum Gasteiger partial charge on any atom is -0.476 e. The number of amides is 1. The number of sulfonamides is 1. The monoisotopic (exact) mass is 312 g/mol. The number of rotatable bonds is 3. The average Bonchev–Trinajstić information content (AvgIpc) is 2.35. The van der Waals surface area contributed by atoms with Gasteiger partial charge in [-0.3, -0.25) is 9.10 Å². The maximum absolute atomic E-state index is 12.1. The number of carbonyl (C=O) groups is 1. The van der Waals surface area contributed by atoms with Crippen LogP contribution in [0.3, 0.4) is 0 Å². The fraction of sp³-hybridized carbons (Fsp3) is 0.500. The Bertz CT molecular complexity index is 655. The number of nitrogens with one attached hydrogen (secondary N) is 1. The molecule has 0 bridgehead atoms. The molecule has 1 heterocycles. The van der Waals surface area contributed by atoms with E-state index in [9.17, 15) is 13.2 Å². The lowest BCUT2D eigenvalue weighted by atomic mass is 10.1. The van der Waals surface area contributed by atoms with Crippen molar-refractivity contribution in [1.82, 2.24) is 5.32 Å². The molecule has 0 spiro atoms. The Morgan fingerprint density at radius 3 is 2.67 bits per heavy atom. The zero-order valence-electron chi connectivity index (χ0n) is 12.6. The molecule has 1 aromatic rings. The Balaban J connectivity index is 2.39. The summed E-state index contributed by atoms with van der Waals surface area (Å²) < 4.78 is 30.9. The minimum atomic E-state index is -3.48. The maximum Gasteiger partial charge on any atom is 0.263 e. The molecule has 0 aliphatic carbocycles. The first-order valence-electron chi connectivity index (χ1n) is 6.74. The normalized spacial score (nSPS) is 18.1. The van der Waals surface area contributed by atoms with Crippen molar-refractivity contribution in [2.24, 2.45) is 0 Å². The summed E-state index contributed by atoms with van der Waals surface area (Å²) in [6.07, 6.45) is 0.277. The molecule has 7 heteroatoms. The number of hydrogen-bond acceptors (Lipinski definition) is 4. The van der Waals surface area contributed by atoms with Gasteiger partial charge in [-0.1, -0.05) is 6.07 Å². The molecule has 1 N–H and O–H groups in total. The largest absolute Gasteiger partial charge is 0.476 e. The highest BCUT2D eigenvalue weighted by atomic mass is 32.2. The summed E-state index contributed by atoms with van der Waals surface area (Å²) in [5.41, 5.74) is 1.40. The van der Waals surface area contributed by atoms with Crippen molar-refractivity contribution in [2.75, 3.05) is 17.1 Å². The van der Waals surface area contributed by atoms with Crippen molar-refractivity contribution < 1.29 is 17.9 Å². The number of fused-ring (bicyclic) bond motifs is 1. The first kappa shape index (κ1) is 15.6. The van der Waals surface area contributed by atoms with Gasteiger partial charge in [-0.25, -0.2) is 8.42 Å². The van der Waals surface area contributed by atoms with Crippen LogP contribution in [0.4, 0.5) is 5.69 Å². The van der Waals surface area contributed by atoms with Crippen LogP contribution in [-0.2, 0) is 14.8 Å². The standard InChI is InChI=1S/C14H20N2O4S/c1-9(2)15-14(17)13-8-16(21(4,18)19)11-7-10(3)5-6-12(11)20-13/h5-7,9,13H,8H2,1-4H3,(H,15,17). The molecular weight excluding hydrogens is 292 g/mol. The van der Waals surface area contributed by atoms with Crippen molar-refractivity contribution in [2.45, 2.75) is 32.9 Å². The van der Waals surface area contributed by atoms with E-state index in [1.165, 1.54) is 4.31 Å². The molecule has 116 valence electrons. The van der Waals surface area contributed by atoms with Crippen molar-refractivity contribution in [1.29, 1.82) is 0 Å². The SMILES string of the molecule is Cc1ccc2c(c1)N(S(C)(=O)=O)CC(C(=O)NC(C)C)O2. The molecule has 21 heavy (non-hydrogen) atoms. The minimum absolute atomic E-state index is 0.0200. The second-order valence-electron chi connectivity index (χ2n) is 5.54. The third kappa shape index (κ3) is 3.47. The van der Waals surface area contributed by atoms with Crippen LogP contribution in [-0.4, -0.2) is 39.3 Å². The van der Waals surface area contributed by atoms with Crippen LogP contribution in [0.15, 0.2) is 18.2 Å². The smallest absolute Gasteiger partial charge is 0.263 e. The zero-order chi connectivity index (χ0) is 15.8. The summed E-state index contributed by atoms with van der Waals surface area (Å²) in [5.74, 6) is 0.0889. The van der Waals surface area contributed by atoms with Crippen LogP contribution >= 0.6 is 0 Å². The number of anilines is 1. The van der Waals surface area contributed by atoms with E-state index in [1.54, 1.807) is 12.1 Å². The molecule has 0 radical (unpaired) electrons. The van der Waals surface area contributed by atoms with E-state index in [0.717, 1.165) is 11.8 Å². The second-order valence-corrected chi connectivity index (χ2v) is 7.44. The van der Waals surface area contributed by atoms with Gasteiger partial charge >= 0.3 is 0 Å². The summed E-state index contributed by atoms with van der Waals surface area (Å²) in [4.78, 5) is 12.1. The van der Waals surface area contributed by atoms with Crippen LogP contribution in [0.25, 0.3) is 0 Å². The predicted molar refractivity (Wildman–Crippen MR) is 81.1 cm³/mol. The Morgan fingerprint density at radius 1 is 1.43 bits per heavy atom. The van der Waals surface area contributed by atoms with Crippen LogP contribution < -0.4 is 14.4 Å². The molecule has 0 aromatic heterocycles. The molecule has 0 saturated heterocycles. The van der Waals surface area contributed by atoms with E-state index in [1.807, 2.05) is 26.8 Å². The van der Waals surface area contributed by atoms with Crippen LogP contribution in [0, 0.1) is 6.92 Å². The Morgan fingerprint density at radius 2 is 2.10 bits per heavy atom. The third-order valence-electron chi connectivity index (χ3n) is 3.11. The van der Waals surface area contributed by atoms with Gasteiger partial charge in [-0.05, 0) is 38.5 Å². The quantitative estimate of drug-likeness (QED) is 0.905. The third-order valence-corrected chi connectivity index (χ3v) is 4.25. The molecule has 6 nitrogen and oxygen atoms in total. The number of hydrogen-bond donors (Lipinski definition) is 1. The Hall–Kier alpha value is -1.76. The van der Waals surface area contributed by atoms with Gasteiger partial charge in [0.25, 0.3) is 5.91 Å². The van der Waals surface area contributed by atoms with E-state index < -0.39 is 16.1 Å². The van der Waals surface area contributed by atoms with Gasteiger partial charge in [0.1, 0.15) is 5.75 Å². The van der Waals surface area contributed by atoms with E-state index in [-0.39, 0.29) is 18.5 Å². The number of benzene rings is 1. The molecule has 1 amide bonds. The summed E-state index contributed by atoms with van der Waals surface area (Å²) in [6.45, 7) is 5.53. The molecule has 1 aliphatic heterocycles. The average molecular weight is 312 g/mol. The van der Waals surface area contributed by atoms with Crippen molar-refractivity contribution in [3.05, 3.63) is 23.8 Å². The molecular formula is C14H20N2O4S. The van der Waals surface area contributed by atoms with Crippen LogP contribution in [0.2, 0.25) is 0 Å². The van der Waals surface area contributed by atoms with Crippen molar-refractivity contribution in [3.8, 4) is 5.75 Å². The van der Waals surface area contributed by atoms with Gasteiger partial charge < -0.3 is 10.1 Å². The fourth-order valence-corrected chi connectivity index (χ4v) is 3.10. The summed E-state index contributed by atoms with van der Waals surface area (Å²) >= 11 is 0. The van der Waals surface area contributed by atoms with E-state index >= 15 is 0 Å². The van der Waals surface area contributed by atoms with E-state index in [4.69, 9.17) is 4.74 Å². The highest BCUT2D eigenvalue weighted by Crippen LogP contribution is 2.35. The molecule has 1 atom stereocenters. The van der Waals surface area contributed by atoms with Gasteiger partial charge in [-0.15, -0.1) is 0 Å². The molecule has 2 rings (SSSR count). The zero-order valence-corrected chi connectivity index (χ0v) is 13.4. The van der Waals surface area contributed by atoms with Crippen LogP contribution in [0.5, 0.6) is 5.75 Å². The highest BCUT2D eigenvalue weighted by molar-refractivity contribution is 7.92. The number of carbonyl (C=O) groups excluding carboxylic acids is 1. The molecule has 0 fully saturated rings. The molecule has 1 aliphatic rings. The Kier molecular flexibility index (Phi) is 4.13. The Labute approximate surface area is 125 Å². The lowest BCUT2D eigenvalue weighted by Gasteiger charge is -2.34. The highest BCUT2D eigenvalue weighted by Gasteiger charge is 2.35. The lowest BCUT2D eigenvalue weighted by molar-refractivity contribution is -0.128. The van der Waals surface area contributed by atoms with Gasteiger partial charge in [0.05, 0.1) is 18.5 Å². The van der Waals surface area contributed by atoms with Crippen molar-refractivity contribution in [3.63, 3.8) is 0 Å². The second kappa shape index (κ2) is 5.55. The summed E-state index contributed by atoms with van der Waals surface area (Å²) in [7, 11) is -3.48. The number of aryl methyl sites for hydroxylation is 1. The predicted octanol–water partition coefficient (Wildman–Crippen LogP) is 1.05. The first-order valence-corrected chi connectivity index (χ1v) is 8.58. The van der Waals surface area contributed by atoms with Gasteiger partial charge in [0.15, 0.2) is 6.10 Å². The fourth-order valence-electron chi connectivity index (χ4n) is 2.19. The van der Waals surface area contributed by atoms with Crippen molar-refractivity contribution >= 4 is 21.6 Å². The molecule has 1 unspecified atom stereocenters. The van der Waals surface area contributed by atoms with E-state index in [2.05, 4.69) is 5.32 Å². The van der Waals surface area contributed by atoms with Gasteiger partial charge in [0.2, 0.25) is 10.0 Å². The van der Waals surface area contributed by atoms with Gasteiger partial charge in [-0.2, -0.15) is 0 Å². The van der Waals surface area contributed by atoms with Gasteiger partial charge in [0, 0.05) is 6.04 Å². The molecule has 0 saturated carbocycles. The van der Waals surface area contributed by atoms with E-state index in [0.29, 0.717) is 11.4 Å².